The van der Waals surface area contributed by atoms with Gasteiger partial charge in [0.05, 0.1) is 0 Å². The van der Waals surface area contributed by atoms with Gasteiger partial charge in [0, 0.05) is 17.9 Å². The van der Waals surface area contributed by atoms with Crippen LogP contribution in [-0.2, 0) is 6.42 Å². The zero-order valence-electron chi connectivity index (χ0n) is 12.1. The van der Waals surface area contributed by atoms with Crippen molar-refractivity contribution >= 4 is 17.4 Å². The number of aryl methyl sites for hydroxylation is 1. The molecule has 3 rings (SSSR count). The predicted molar refractivity (Wildman–Crippen MR) is 85.5 cm³/mol. The number of rotatable bonds is 1. The molecule has 3 N–H and O–H groups in total. The Balaban J connectivity index is 1.84. The van der Waals surface area contributed by atoms with E-state index in [0.29, 0.717) is 12.2 Å². The van der Waals surface area contributed by atoms with Crippen LogP contribution in [0.15, 0.2) is 42.5 Å². The highest BCUT2D eigenvalue weighted by molar-refractivity contribution is 6.02. The maximum Gasteiger partial charge on any atom is 0.326 e. The van der Waals surface area contributed by atoms with Crippen molar-refractivity contribution in [2.45, 2.75) is 19.3 Å². The maximum absolute atomic E-state index is 12.5. The molecule has 5 nitrogen and oxygen atoms in total. The molecule has 0 saturated carbocycles. The first-order valence-corrected chi connectivity index (χ1v) is 7.33. The van der Waals surface area contributed by atoms with Gasteiger partial charge < -0.3 is 15.5 Å². The number of phenolic OH excluding ortho intramolecular Hbond substituents is 2. The second kappa shape index (κ2) is 5.97. The van der Waals surface area contributed by atoms with Crippen molar-refractivity contribution in [1.29, 1.82) is 0 Å². The Hall–Kier alpha value is -2.69. The fraction of sp³-hybridized carbons (Fsp3) is 0.235. The van der Waals surface area contributed by atoms with Crippen LogP contribution in [0.4, 0.5) is 16.2 Å². The third-order valence-electron chi connectivity index (χ3n) is 3.80. The largest absolute Gasteiger partial charge is 0.508 e. The van der Waals surface area contributed by atoms with E-state index in [4.69, 9.17) is 0 Å². The van der Waals surface area contributed by atoms with Crippen molar-refractivity contribution in [1.82, 2.24) is 0 Å². The molecule has 0 fully saturated rings. The molecule has 2 amide bonds. The quantitative estimate of drug-likeness (QED) is 0.706. The molecule has 22 heavy (non-hydrogen) atoms. The van der Waals surface area contributed by atoms with Crippen molar-refractivity contribution in [2.24, 2.45) is 0 Å². The van der Waals surface area contributed by atoms with Crippen LogP contribution in [0.25, 0.3) is 0 Å². The third kappa shape index (κ3) is 2.98. The van der Waals surface area contributed by atoms with E-state index >= 15 is 0 Å². The number of hydrogen-bond donors (Lipinski definition) is 3. The van der Waals surface area contributed by atoms with Crippen LogP contribution in [0, 0.1) is 0 Å². The lowest BCUT2D eigenvalue weighted by Gasteiger charge is -2.23. The minimum atomic E-state index is -0.209. The minimum absolute atomic E-state index is 0.161. The van der Waals surface area contributed by atoms with Gasteiger partial charge >= 0.3 is 6.03 Å². The van der Waals surface area contributed by atoms with E-state index in [1.165, 1.54) is 12.1 Å². The summed E-state index contributed by atoms with van der Waals surface area (Å²) >= 11 is 0. The van der Waals surface area contributed by atoms with Crippen molar-refractivity contribution in [3.05, 3.63) is 48.0 Å². The van der Waals surface area contributed by atoms with Gasteiger partial charge in [0.1, 0.15) is 11.5 Å². The molecule has 1 aliphatic rings. The van der Waals surface area contributed by atoms with E-state index in [9.17, 15) is 15.0 Å². The van der Waals surface area contributed by atoms with Crippen LogP contribution < -0.4 is 10.2 Å². The lowest BCUT2D eigenvalue weighted by atomic mass is 10.1. The number of aromatic hydroxyl groups is 2. The van der Waals surface area contributed by atoms with Gasteiger partial charge in [0.15, 0.2) is 0 Å². The summed E-state index contributed by atoms with van der Waals surface area (Å²) in [6, 6.07) is 11.3. The molecule has 0 spiro atoms. The van der Waals surface area contributed by atoms with Crippen LogP contribution in [0.1, 0.15) is 18.4 Å². The van der Waals surface area contributed by atoms with Gasteiger partial charge in [-0.15, -0.1) is 0 Å². The molecule has 0 bridgehead atoms. The van der Waals surface area contributed by atoms with E-state index < -0.39 is 0 Å². The fourth-order valence-electron chi connectivity index (χ4n) is 2.69. The van der Waals surface area contributed by atoms with E-state index in [1.54, 1.807) is 35.2 Å². The Bertz CT molecular complexity index is 683. The zero-order valence-corrected chi connectivity index (χ0v) is 12.1. The van der Waals surface area contributed by atoms with Gasteiger partial charge in [-0.05, 0) is 67.3 Å². The summed E-state index contributed by atoms with van der Waals surface area (Å²) in [5, 5.41) is 21.7. The number of amides is 2. The molecule has 114 valence electrons. The molecule has 0 aliphatic carbocycles. The van der Waals surface area contributed by atoms with Gasteiger partial charge in [0.25, 0.3) is 0 Å². The van der Waals surface area contributed by atoms with Crippen molar-refractivity contribution in [3.63, 3.8) is 0 Å². The molecular formula is C17H18N2O3. The number of nitrogens with one attached hydrogen (secondary N) is 1. The molecule has 2 aromatic rings. The first kappa shape index (κ1) is 14.3. The molecule has 2 aromatic carbocycles. The smallest absolute Gasteiger partial charge is 0.326 e. The summed E-state index contributed by atoms with van der Waals surface area (Å²) in [5.74, 6) is 0.383. The Morgan fingerprint density at radius 2 is 1.73 bits per heavy atom. The van der Waals surface area contributed by atoms with E-state index in [2.05, 4.69) is 5.32 Å². The second-order valence-corrected chi connectivity index (χ2v) is 5.40. The molecule has 0 aromatic heterocycles. The summed E-state index contributed by atoms with van der Waals surface area (Å²) in [4.78, 5) is 14.2. The van der Waals surface area contributed by atoms with E-state index in [-0.39, 0.29) is 17.5 Å². The summed E-state index contributed by atoms with van der Waals surface area (Å²) in [7, 11) is 0. The average Bonchev–Trinajstić information content (AvgIpc) is 2.71. The SMILES string of the molecule is O=C(Nc1ccc(O)cc1)N1CCCCc2cc(O)ccc21. The number of phenols is 2. The molecule has 0 unspecified atom stereocenters. The van der Waals surface area contributed by atoms with Gasteiger partial charge in [-0.1, -0.05) is 0 Å². The fourth-order valence-corrected chi connectivity index (χ4v) is 2.69. The third-order valence-corrected chi connectivity index (χ3v) is 3.80. The molecule has 1 aliphatic heterocycles. The summed E-state index contributed by atoms with van der Waals surface area (Å²) in [6.45, 7) is 0.641. The van der Waals surface area contributed by atoms with Crippen LogP contribution >= 0.6 is 0 Å². The summed E-state index contributed by atoms with van der Waals surface area (Å²) < 4.78 is 0. The number of hydrogen-bond acceptors (Lipinski definition) is 3. The van der Waals surface area contributed by atoms with Gasteiger partial charge in [-0.3, -0.25) is 4.90 Å². The van der Waals surface area contributed by atoms with Crippen molar-refractivity contribution in [3.8, 4) is 11.5 Å². The number of carbonyl (C=O) groups excluding carboxylic acids is 1. The highest BCUT2D eigenvalue weighted by atomic mass is 16.3. The van der Waals surface area contributed by atoms with Gasteiger partial charge in [-0.25, -0.2) is 4.79 Å². The number of urea groups is 1. The number of carbonyl (C=O) groups is 1. The summed E-state index contributed by atoms with van der Waals surface area (Å²) in [6.07, 6.45) is 2.75. The molecule has 0 atom stereocenters. The van der Waals surface area contributed by atoms with Crippen LogP contribution in [0.3, 0.4) is 0 Å². The average molecular weight is 298 g/mol. The monoisotopic (exact) mass is 298 g/mol. The van der Waals surface area contributed by atoms with Gasteiger partial charge in [0.2, 0.25) is 0 Å². The highest BCUT2D eigenvalue weighted by Crippen LogP contribution is 2.30. The van der Waals surface area contributed by atoms with E-state index in [1.807, 2.05) is 0 Å². The lowest BCUT2D eigenvalue weighted by Crippen LogP contribution is -2.35. The standard InChI is InChI=1S/C17H18N2O3/c20-14-6-4-13(5-7-14)18-17(22)19-10-2-1-3-12-11-15(21)8-9-16(12)19/h4-9,11,20-21H,1-3,10H2,(H,18,22). The Morgan fingerprint density at radius 3 is 2.50 bits per heavy atom. The first-order valence-electron chi connectivity index (χ1n) is 7.33. The first-order chi connectivity index (χ1) is 10.6. The zero-order chi connectivity index (χ0) is 15.5. The molecular weight excluding hydrogens is 280 g/mol. The summed E-state index contributed by atoms with van der Waals surface area (Å²) in [5.41, 5.74) is 2.46. The second-order valence-electron chi connectivity index (χ2n) is 5.40. The Morgan fingerprint density at radius 1 is 1.00 bits per heavy atom. The Labute approximate surface area is 128 Å². The number of fused-ring (bicyclic) bond motifs is 1. The maximum atomic E-state index is 12.5. The molecule has 0 saturated heterocycles. The number of anilines is 2. The minimum Gasteiger partial charge on any atom is -0.508 e. The number of nitrogens with zero attached hydrogens (tertiary/aromatic N) is 1. The van der Waals surface area contributed by atoms with Crippen LogP contribution in [-0.4, -0.2) is 22.8 Å². The van der Waals surface area contributed by atoms with Crippen LogP contribution in [0.5, 0.6) is 11.5 Å². The number of benzene rings is 2. The molecule has 5 heteroatoms. The molecule has 0 radical (unpaired) electrons. The normalized spacial score (nSPS) is 14.1. The highest BCUT2D eigenvalue weighted by Gasteiger charge is 2.21. The predicted octanol–water partition coefficient (Wildman–Crippen LogP) is 3.47. The lowest BCUT2D eigenvalue weighted by molar-refractivity contribution is 0.257. The topological polar surface area (TPSA) is 72.8 Å². The molecule has 1 heterocycles. The van der Waals surface area contributed by atoms with Crippen molar-refractivity contribution < 1.29 is 15.0 Å². The van der Waals surface area contributed by atoms with Gasteiger partial charge in [-0.2, -0.15) is 0 Å². The van der Waals surface area contributed by atoms with E-state index in [0.717, 1.165) is 30.5 Å². The Kier molecular flexibility index (Phi) is 3.87. The van der Waals surface area contributed by atoms with Crippen LogP contribution in [0.2, 0.25) is 0 Å². The van der Waals surface area contributed by atoms with Crippen molar-refractivity contribution in [2.75, 3.05) is 16.8 Å².